The maximum atomic E-state index is 12.4. The third-order valence-electron chi connectivity index (χ3n) is 7.20. The fraction of sp³-hybridized carbons (Fsp3) is 0.786. The van der Waals surface area contributed by atoms with Crippen LogP contribution in [0.2, 0.25) is 0 Å². The predicted molar refractivity (Wildman–Crippen MR) is 150 cm³/mol. The van der Waals surface area contributed by atoms with Crippen molar-refractivity contribution in [1.29, 1.82) is 0 Å². The van der Waals surface area contributed by atoms with E-state index >= 15 is 0 Å². The Labute approximate surface area is 228 Å². The molecule has 2 N–H and O–H groups in total. The minimum absolute atomic E-state index is 0.221. The van der Waals surface area contributed by atoms with Crippen molar-refractivity contribution in [3.63, 3.8) is 0 Å². The van der Waals surface area contributed by atoms with Crippen LogP contribution in [0.5, 0.6) is 0 Å². The standard InChI is InChI=1S/C28H49N5O5/c34-28(26-17-18-27(30-25-26)31-22-19-29-20-23-31)32(35)21-15-13-11-9-7-5-3-1-2-4-6-8-10-12-14-16-24-38-33(36)37/h17-18,25,29,32H,1-16,19-24H2. The SMILES string of the molecule is O=C(c1ccc(N2CCNCC2)nc1)[NH+]([O-])CCCCCCCCCCCCCCCCCCO[N+](=O)[O-]. The van der Waals surface area contributed by atoms with E-state index in [1.54, 1.807) is 12.3 Å². The van der Waals surface area contributed by atoms with E-state index in [0.717, 1.165) is 70.5 Å². The highest BCUT2D eigenvalue weighted by atomic mass is 16.9. The van der Waals surface area contributed by atoms with Crippen molar-refractivity contribution in [2.75, 3.05) is 44.2 Å². The Kier molecular flexibility index (Phi) is 17.3. The van der Waals surface area contributed by atoms with E-state index < -0.39 is 11.0 Å². The molecule has 0 radical (unpaired) electrons. The summed E-state index contributed by atoms with van der Waals surface area (Å²) in [4.78, 5) is 33.4. The first-order chi connectivity index (χ1) is 18.6. The molecular formula is C28H49N5O5. The van der Waals surface area contributed by atoms with E-state index in [1.807, 2.05) is 6.07 Å². The van der Waals surface area contributed by atoms with Crippen LogP contribution in [0.25, 0.3) is 0 Å². The van der Waals surface area contributed by atoms with Crippen LogP contribution in [0, 0.1) is 15.3 Å². The Morgan fingerprint density at radius 1 is 0.868 bits per heavy atom. The lowest BCUT2D eigenvalue weighted by Crippen LogP contribution is -3.10. The highest BCUT2D eigenvalue weighted by Crippen LogP contribution is 2.14. The number of rotatable bonds is 22. The fourth-order valence-electron chi connectivity index (χ4n) is 4.88. The molecule has 2 heterocycles. The summed E-state index contributed by atoms with van der Waals surface area (Å²) in [6, 6.07) is 3.58. The van der Waals surface area contributed by atoms with Crippen molar-refractivity contribution in [1.82, 2.24) is 10.3 Å². The summed E-state index contributed by atoms with van der Waals surface area (Å²) in [5, 5.41) is 24.6. The largest absolute Gasteiger partial charge is 0.626 e. The van der Waals surface area contributed by atoms with Gasteiger partial charge in [-0.25, -0.2) is 9.78 Å². The number of carbonyl (C=O) groups excluding carboxylic acids is 1. The molecule has 1 aliphatic rings. The van der Waals surface area contributed by atoms with Gasteiger partial charge in [0.25, 0.3) is 5.09 Å². The highest BCUT2D eigenvalue weighted by molar-refractivity contribution is 5.87. The summed E-state index contributed by atoms with van der Waals surface area (Å²) in [6.07, 6.45) is 20.0. The van der Waals surface area contributed by atoms with Crippen LogP contribution in [0.4, 0.5) is 5.82 Å². The lowest BCUT2D eigenvalue weighted by atomic mass is 10.0. The van der Waals surface area contributed by atoms with Crippen molar-refractivity contribution < 1.29 is 19.8 Å². The molecule has 38 heavy (non-hydrogen) atoms. The maximum Gasteiger partial charge on any atom is 0.345 e. The van der Waals surface area contributed by atoms with E-state index in [9.17, 15) is 20.1 Å². The molecule has 1 aromatic rings. The second-order valence-electron chi connectivity index (χ2n) is 10.4. The van der Waals surface area contributed by atoms with Crippen molar-refractivity contribution in [3.8, 4) is 0 Å². The molecule has 0 aliphatic carbocycles. The Morgan fingerprint density at radius 2 is 1.37 bits per heavy atom. The van der Waals surface area contributed by atoms with E-state index in [1.165, 1.54) is 64.2 Å². The van der Waals surface area contributed by atoms with Crippen LogP contribution in [0.1, 0.15) is 113 Å². The molecule has 1 atom stereocenters. The van der Waals surface area contributed by atoms with Gasteiger partial charge in [0.05, 0.1) is 18.7 Å². The van der Waals surface area contributed by atoms with Gasteiger partial charge in [0.15, 0.2) is 0 Å². The molecular weight excluding hydrogens is 486 g/mol. The molecule has 0 spiro atoms. The summed E-state index contributed by atoms with van der Waals surface area (Å²) in [7, 11) is 0. The lowest BCUT2D eigenvalue weighted by molar-refractivity contribution is -0.757. The van der Waals surface area contributed by atoms with Crippen LogP contribution in [0.15, 0.2) is 18.3 Å². The number of piperazine rings is 1. The number of amides is 1. The van der Waals surface area contributed by atoms with Crippen LogP contribution < -0.4 is 15.3 Å². The molecule has 0 aromatic carbocycles. The number of quaternary nitrogens is 1. The fourth-order valence-corrected chi connectivity index (χ4v) is 4.88. The topological polar surface area (TPSA) is 125 Å². The number of hydrogen-bond acceptors (Lipinski definition) is 8. The minimum atomic E-state index is -0.719. The molecule has 10 heteroatoms. The second-order valence-corrected chi connectivity index (χ2v) is 10.4. The molecule has 0 saturated carbocycles. The van der Waals surface area contributed by atoms with Crippen LogP contribution in [0.3, 0.4) is 0 Å². The third-order valence-corrected chi connectivity index (χ3v) is 7.20. The smallest absolute Gasteiger partial charge is 0.345 e. The van der Waals surface area contributed by atoms with Gasteiger partial charge in [0.2, 0.25) is 0 Å². The summed E-state index contributed by atoms with van der Waals surface area (Å²) in [5.74, 6) is 0.449. The molecule has 1 aliphatic heterocycles. The summed E-state index contributed by atoms with van der Waals surface area (Å²) in [6.45, 7) is 4.21. The van der Waals surface area contributed by atoms with Crippen molar-refractivity contribution >= 4 is 11.7 Å². The average molecular weight is 536 g/mol. The first-order valence-corrected chi connectivity index (χ1v) is 14.8. The van der Waals surface area contributed by atoms with Gasteiger partial charge >= 0.3 is 5.91 Å². The van der Waals surface area contributed by atoms with Gasteiger partial charge in [-0.1, -0.05) is 83.5 Å². The molecule has 1 aromatic heterocycles. The predicted octanol–water partition coefficient (Wildman–Crippen LogP) is 4.46. The Balaban J connectivity index is 1.35. The van der Waals surface area contributed by atoms with Crippen molar-refractivity contribution in [2.45, 2.75) is 103 Å². The zero-order valence-corrected chi connectivity index (χ0v) is 23.2. The third kappa shape index (κ3) is 14.6. The van der Waals surface area contributed by atoms with Gasteiger partial charge < -0.3 is 25.3 Å². The van der Waals surface area contributed by atoms with Crippen LogP contribution in [-0.2, 0) is 4.84 Å². The summed E-state index contributed by atoms with van der Waals surface area (Å²) in [5.41, 5.74) is 0.395. The van der Waals surface area contributed by atoms with Crippen molar-refractivity contribution in [2.24, 2.45) is 0 Å². The van der Waals surface area contributed by atoms with Crippen LogP contribution >= 0.6 is 0 Å². The summed E-state index contributed by atoms with van der Waals surface area (Å²) >= 11 is 0. The first kappa shape index (κ1) is 31.9. The quantitative estimate of drug-likeness (QED) is 0.127. The summed E-state index contributed by atoms with van der Waals surface area (Å²) < 4.78 is 0. The number of pyridine rings is 1. The molecule has 1 fully saturated rings. The van der Waals surface area contributed by atoms with Gasteiger partial charge in [-0.2, -0.15) is 0 Å². The lowest BCUT2D eigenvalue weighted by Gasteiger charge is -2.28. The number of hydrogen-bond donors (Lipinski definition) is 2. The zero-order valence-electron chi connectivity index (χ0n) is 23.2. The Morgan fingerprint density at radius 3 is 1.84 bits per heavy atom. The minimum Gasteiger partial charge on any atom is -0.626 e. The van der Waals surface area contributed by atoms with Gasteiger partial charge in [-0.15, -0.1) is 10.1 Å². The number of hydroxylamine groups is 2. The van der Waals surface area contributed by atoms with Gasteiger partial charge in [0, 0.05) is 32.4 Å². The Hall–Kier alpha value is -2.30. The number of nitrogens with zero attached hydrogens (tertiary/aromatic N) is 3. The zero-order chi connectivity index (χ0) is 27.3. The van der Waals surface area contributed by atoms with E-state index in [2.05, 4.69) is 20.0 Å². The monoisotopic (exact) mass is 535 g/mol. The molecule has 10 nitrogen and oxygen atoms in total. The normalized spacial score (nSPS) is 14.4. The number of nitrogens with one attached hydrogen (secondary N) is 2. The first-order valence-electron chi connectivity index (χ1n) is 14.8. The number of carbonyl (C=O) groups is 1. The molecule has 1 amide bonds. The molecule has 216 valence electrons. The van der Waals surface area contributed by atoms with E-state index in [4.69, 9.17) is 0 Å². The van der Waals surface area contributed by atoms with Gasteiger partial charge in [-0.05, 0) is 31.4 Å². The Bertz CT molecular complexity index is 759. The van der Waals surface area contributed by atoms with Crippen LogP contribution in [-0.4, -0.2) is 55.3 Å². The molecule has 1 saturated heterocycles. The van der Waals surface area contributed by atoms with Crippen molar-refractivity contribution in [3.05, 3.63) is 39.2 Å². The van der Waals surface area contributed by atoms with Gasteiger partial charge in [-0.3, -0.25) is 0 Å². The number of unbranched alkanes of at least 4 members (excludes halogenated alkanes) is 15. The molecule has 1 unspecified atom stereocenters. The maximum absolute atomic E-state index is 12.4. The van der Waals surface area contributed by atoms with E-state index in [0.29, 0.717) is 12.1 Å². The van der Waals surface area contributed by atoms with Gasteiger partial charge in [0.1, 0.15) is 5.82 Å². The average Bonchev–Trinajstić information content (AvgIpc) is 2.94. The molecule has 2 rings (SSSR count). The second kappa shape index (κ2) is 20.6. The highest BCUT2D eigenvalue weighted by Gasteiger charge is 2.16. The van der Waals surface area contributed by atoms with E-state index in [-0.39, 0.29) is 11.7 Å². The number of aromatic nitrogens is 1. The number of anilines is 1. The molecule has 0 bridgehead atoms.